The van der Waals surface area contributed by atoms with E-state index < -0.39 is 47.7 Å². The molecule has 7 rings (SSSR count). The molecular formula is C58H74BF2N8O12S+. The average Bonchev–Trinajstić information content (AvgIpc) is 4.26. The van der Waals surface area contributed by atoms with Gasteiger partial charge in [0.2, 0.25) is 11.8 Å². The van der Waals surface area contributed by atoms with Crippen molar-refractivity contribution < 1.29 is 70.3 Å². The minimum Gasteiger partial charge on any atom is -0.494 e. The topological polar surface area (TPSA) is 213 Å². The number of imide groups is 1. The summed E-state index contributed by atoms with van der Waals surface area (Å²) in [5.41, 5.74) is 4.02. The summed E-state index contributed by atoms with van der Waals surface area (Å²) >= 11 is 1.45. The Kier molecular flexibility index (Phi) is 21.0. The number of nitrogens with one attached hydrogen (secondary N) is 2. The molecule has 3 aliphatic heterocycles. The maximum absolute atomic E-state index is 16.9. The van der Waals surface area contributed by atoms with Gasteiger partial charge in [0.25, 0.3) is 17.5 Å². The Morgan fingerprint density at radius 1 is 0.963 bits per heavy atom. The lowest BCUT2D eigenvalue weighted by Gasteiger charge is -2.31. The Labute approximate surface area is 480 Å². The van der Waals surface area contributed by atoms with Gasteiger partial charge in [0.05, 0.1) is 62.8 Å². The molecule has 0 radical (unpaired) electrons. The molecule has 440 valence electrons. The quantitative estimate of drug-likeness (QED) is 0.00950. The summed E-state index contributed by atoms with van der Waals surface area (Å²) in [6, 6.07) is 14.5. The monoisotopic (exact) mass is 1160 g/mol. The lowest BCUT2D eigenvalue weighted by molar-refractivity contribution is -0.870. The van der Waals surface area contributed by atoms with Gasteiger partial charge in [-0.05, 0) is 112 Å². The van der Waals surface area contributed by atoms with Crippen LogP contribution < -0.4 is 24.8 Å². The van der Waals surface area contributed by atoms with Crippen molar-refractivity contribution in [1.29, 1.82) is 0 Å². The van der Waals surface area contributed by atoms with Gasteiger partial charge in [0.1, 0.15) is 24.5 Å². The van der Waals surface area contributed by atoms with Crippen LogP contribution in [-0.2, 0) is 28.8 Å². The molecular weight excluding hydrogens is 1080 g/mol. The number of carbonyl (C=O) groups excluding carboxylic acids is 5. The standard InChI is InChI=1S/C58H73BF2N8O12S/c1-9-10-15-42-35-50(53-17-14-33-82-53)66-48(42)37-47-39(2)34-43(65(47)59(66,60)61)22-19-41-20-23-44(24-21-41)78-31-13-18-54(70)63-46(16-11-12-30-69(5,6)7)57(73)62-27-28-64(4)29-32-79-52-38-49(68(75)76)45(36-51(52)77-8)40(3)80-58(74)81-67-55(71)25-26-56(67)72/h14,17,19-24,33-38,40,46H,9-13,15-16,18,25-32H2,1-8H3,(H-,62,63,70,73)/p+1/b22-19+. The van der Waals surface area contributed by atoms with Crippen LogP contribution in [0.2, 0.25) is 0 Å². The molecule has 0 aliphatic carbocycles. The number of aryl methyl sites for hydroxylation is 1. The van der Waals surface area contributed by atoms with E-state index >= 15 is 8.63 Å². The second-order valence-electron chi connectivity index (χ2n) is 21.6. The van der Waals surface area contributed by atoms with Crippen LogP contribution in [0.15, 0.2) is 77.3 Å². The highest BCUT2D eigenvalue weighted by molar-refractivity contribution is 7.12. The lowest BCUT2D eigenvalue weighted by Crippen LogP contribution is -2.51. The van der Waals surface area contributed by atoms with E-state index in [0.717, 1.165) is 64.4 Å². The molecule has 24 heteroatoms. The number of aromatic nitrogens is 1. The fraction of sp³-hybridized carbons (Fsp3) is 0.448. The number of halogens is 2. The maximum Gasteiger partial charge on any atom is 0.737 e. The number of nitrogens with zero attached hydrogens (tertiary/aromatic N) is 6. The average molecular weight is 1160 g/mol. The summed E-state index contributed by atoms with van der Waals surface area (Å²) in [6.45, 7) is 3.31. The van der Waals surface area contributed by atoms with Gasteiger partial charge >= 0.3 is 13.1 Å². The summed E-state index contributed by atoms with van der Waals surface area (Å²) in [7, 11) is 9.42. The number of nitro groups is 1. The van der Waals surface area contributed by atoms with Gasteiger partial charge in [0.15, 0.2) is 22.9 Å². The molecule has 20 nitrogen and oxygen atoms in total. The van der Waals surface area contributed by atoms with Gasteiger partial charge in [-0.25, -0.2) is 4.79 Å². The van der Waals surface area contributed by atoms with Crippen LogP contribution in [0.25, 0.3) is 18.2 Å². The minimum atomic E-state index is -4.22. The lowest BCUT2D eigenvalue weighted by atomic mass is 9.88. The van der Waals surface area contributed by atoms with E-state index in [4.69, 9.17) is 23.8 Å². The van der Waals surface area contributed by atoms with Gasteiger partial charge < -0.3 is 56.6 Å². The zero-order valence-electron chi connectivity index (χ0n) is 47.9. The molecule has 2 unspecified atom stereocenters. The van der Waals surface area contributed by atoms with Crippen LogP contribution in [0, 0.1) is 17.0 Å². The van der Waals surface area contributed by atoms with Gasteiger partial charge in [-0.15, -0.1) is 11.3 Å². The minimum absolute atomic E-state index is 0.0499. The maximum atomic E-state index is 16.9. The summed E-state index contributed by atoms with van der Waals surface area (Å²) in [4.78, 5) is 81.8. The third-order valence-electron chi connectivity index (χ3n) is 14.2. The van der Waals surface area contributed by atoms with Crippen molar-refractivity contribution in [3.63, 3.8) is 0 Å². The van der Waals surface area contributed by atoms with Crippen molar-refractivity contribution in [3.05, 3.63) is 120 Å². The number of benzene rings is 2. The first kappa shape index (κ1) is 61.9. The van der Waals surface area contributed by atoms with Crippen LogP contribution in [0.5, 0.6) is 17.2 Å². The summed E-state index contributed by atoms with van der Waals surface area (Å²) in [5, 5.41) is 20.2. The molecule has 2 aromatic heterocycles. The molecule has 1 fully saturated rings. The molecule has 4 amide bonds. The molecule has 0 bridgehead atoms. The summed E-state index contributed by atoms with van der Waals surface area (Å²) < 4.78 is 59.5. The molecule has 2 N–H and O–H groups in total. The largest absolute Gasteiger partial charge is 0.737 e. The van der Waals surface area contributed by atoms with E-state index in [1.54, 1.807) is 24.3 Å². The first-order chi connectivity index (χ1) is 39.1. The molecule has 0 saturated carbocycles. The van der Waals surface area contributed by atoms with Crippen LogP contribution in [0.4, 0.5) is 19.1 Å². The fourth-order valence-corrected chi connectivity index (χ4v) is 10.6. The number of hydrogen-bond acceptors (Lipinski definition) is 14. The Hall–Kier alpha value is -7.70. The molecule has 0 spiro atoms. The van der Waals surface area contributed by atoms with Crippen molar-refractivity contribution in [3.8, 4) is 17.2 Å². The van der Waals surface area contributed by atoms with Gasteiger partial charge in [0, 0.05) is 68.0 Å². The zero-order valence-corrected chi connectivity index (χ0v) is 48.7. The van der Waals surface area contributed by atoms with E-state index in [0.29, 0.717) is 66.0 Å². The molecule has 4 aromatic rings. The summed E-state index contributed by atoms with van der Waals surface area (Å²) in [6.07, 6.45) is 9.62. The number of nitro benzene ring substituents is 1. The molecule has 2 aromatic carbocycles. The number of fused-ring (bicyclic) bond motifs is 2. The van der Waals surface area contributed by atoms with Crippen LogP contribution in [-0.4, -0.2) is 152 Å². The normalized spacial score (nSPS) is 15.5. The first-order valence-electron chi connectivity index (χ1n) is 27.7. The van der Waals surface area contributed by atoms with Gasteiger partial charge in [-0.2, -0.15) is 0 Å². The van der Waals surface area contributed by atoms with Crippen LogP contribution >= 0.6 is 11.3 Å². The van der Waals surface area contributed by atoms with Crippen molar-refractivity contribution >= 4 is 77.7 Å². The Balaban J connectivity index is 0.869. The predicted molar refractivity (Wildman–Crippen MR) is 308 cm³/mol. The molecule has 3 aliphatic rings. The van der Waals surface area contributed by atoms with E-state index in [9.17, 15) is 34.1 Å². The second-order valence-corrected chi connectivity index (χ2v) is 22.5. The number of hydrogen-bond donors (Lipinski definition) is 2. The van der Waals surface area contributed by atoms with Crippen LogP contribution in [0.3, 0.4) is 0 Å². The predicted octanol–water partition coefficient (Wildman–Crippen LogP) is 9.08. The Morgan fingerprint density at radius 3 is 2.38 bits per heavy atom. The Morgan fingerprint density at radius 2 is 1.71 bits per heavy atom. The molecule has 2 atom stereocenters. The van der Waals surface area contributed by atoms with Crippen molar-refractivity contribution in [2.24, 2.45) is 0 Å². The number of likely N-dealkylation sites (N-methyl/N-ethyl adjacent to an activating group) is 1. The van der Waals surface area contributed by atoms with E-state index in [1.165, 1.54) is 40.4 Å². The van der Waals surface area contributed by atoms with Gasteiger partial charge in [-0.3, -0.25) is 34.1 Å². The van der Waals surface area contributed by atoms with Gasteiger partial charge in [-0.1, -0.05) is 42.7 Å². The number of allylic oxidation sites excluding steroid dienone is 2. The number of amides is 4. The smallest absolute Gasteiger partial charge is 0.494 e. The number of hydroxylamine groups is 2. The highest BCUT2D eigenvalue weighted by atomic mass is 32.1. The molecule has 82 heavy (non-hydrogen) atoms. The number of ether oxygens (including phenoxy) is 4. The van der Waals surface area contributed by atoms with E-state index in [-0.39, 0.29) is 67.9 Å². The van der Waals surface area contributed by atoms with Crippen molar-refractivity contribution in [2.75, 3.05) is 74.7 Å². The summed E-state index contributed by atoms with van der Waals surface area (Å²) in [5.74, 6) is -1.28. The number of unbranched alkanes of at least 4 members (excludes halogenated alkanes) is 2. The Bertz CT molecular complexity index is 3100. The fourth-order valence-electron chi connectivity index (χ4n) is 9.82. The highest BCUT2D eigenvalue weighted by Crippen LogP contribution is 2.41. The van der Waals surface area contributed by atoms with Crippen molar-refractivity contribution in [2.45, 2.75) is 97.1 Å². The highest BCUT2D eigenvalue weighted by Gasteiger charge is 2.54. The van der Waals surface area contributed by atoms with Crippen LogP contribution in [0.1, 0.15) is 117 Å². The number of methoxy groups -OCH3 is 1. The SMILES string of the molecule is CCCCC1=CC(c2cccs2)=[N+]2C1=Cc1c(C)cc(/C=C/c3ccc(OCCCC(=O)NC(CCCC[N+](C)(C)C)C(=O)NCCN(C)CCOc4cc([N+](=O)[O-])c(C(C)OC(=O)ON5C(=O)CCC5=O)cc4OC)cc3)n1[B-]2(F)F. The molecule has 5 heterocycles. The third kappa shape index (κ3) is 15.8. The third-order valence-corrected chi connectivity index (χ3v) is 15.1. The number of rotatable bonds is 30. The first-order valence-corrected chi connectivity index (χ1v) is 28.5. The van der Waals surface area contributed by atoms with E-state index in [1.807, 2.05) is 66.7 Å². The van der Waals surface area contributed by atoms with Crippen molar-refractivity contribution in [1.82, 2.24) is 25.1 Å². The van der Waals surface area contributed by atoms with E-state index in [2.05, 4.69) is 38.7 Å². The number of thiophene rings is 1. The number of carbonyl (C=O) groups is 5. The number of quaternary nitrogens is 1. The molecule has 1 saturated heterocycles. The second kappa shape index (κ2) is 27.9. The zero-order chi connectivity index (χ0) is 59.3.